The molecular weight excluding hydrogens is 386 g/mol. The summed E-state index contributed by atoms with van der Waals surface area (Å²) in [6.07, 6.45) is 2.47. The zero-order chi connectivity index (χ0) is 20.2. The van der Waals surface area contributed by atoms with Crippen LogP contribution >= 0.6 is 11.3 Å². The van der Waals surface area contributed by atoms with Crippen LogP contribution in [0.2, 0.25) is 0 Å². The third kappa shape index (κ3) is 4.52. The summed E-state index contributed by atoms with van der Waals surface area (Å²) in [6.45, 7) is 6.50. The van der Waals surface area contributed by atoms with Crippen LogP contribution in [0.3, 0.4) is 0 Å². The first-order chi connectivity index (χ1) is 14.2. The molecule has 4 rings (SSSR count). The molecule has 1 aromatic carbocycles. The molecule has 1 aromatic heterocycles. The zero-order valence-electron chi connectivity index (χ0n) is 16.7. The Morgan fingerprint density at radius 3 is 2.83 bits per heavy atom. The molecule has 3 heterocycles. The van der Waals surface area contributed by atoms with E-state index in [1.54, 1.807) is 6.92 Å². The Bertz CT molecular complexity index is 867. The maximum absolute atomic E-state index is 12.7. The Balaban J connectivity index is 1.48. The summed E-state index contributed by atoms with van der Waals surface area (Å²) in [5, 5.41) is 5.44. The van der Waals surface area contributed by atoms with Crippen LogP contribution in [0.5, 0.6) is 0 Å². The molecule has 154 valence electrons. The molecule has 0 aliphatic carbocycles. The molecule has 1 unspecified atom stereocenters. The van der Waals surface area contributed by atoms with Gasteiger partial charge in [0.1, 0.15) is 10.6 Å². The number of anilines is 1. The van der Waals surface area contributed by atoms with Gasteiger partial charge < -0.3 is 10.1 Å². The quantitative estimate of drug-likeness (QED) is 0.736. The largest absolute Gasteiger partial charge is 0.462 e. The molecule has 6 nitrogen and oxygen atoms in total. The van der Waals surface area contributed by atoms with Crippen LogP contribution in [0.1, 0.15) is 30.1 Å². The minimum absolute atomic E-state index is 0.0801. The lowest BCUT2D eigenvalue weighted by Crippen LogP contribution is -2.51. The Kier molecular flexibility index (Phi) is 6.28. The molecule has 0 spiro atoms. The number of ether oxygens (including phenoxy) is 1. The van der Waals surface area contributed by atoms with Gasteiger partial charge in [-0.05, 0) is 31.9 Å². The lowest BCUT2D eigenvalue weighted by atomic mass is 10.0. The minimum atomic E-state index is -0.400. The molecule has 1 N–H and O–H groups in total. The molecular formula is C22H27N3O3S. The molecule has 29 heavy (non-hydrogen) atoms. The summed E-state index contributed by atoms with van der Waals surface area (Å²) >= 11 is 1.37. The lowest BCUT2D eigenvalue weighted by Gasteiger charge is -2.37. The lowest BCUT2D eigenvalue weighted by molar-refractivity contribution is -0.117. The topological polar surface area (TPSA) is 61.9 Å². The van der Waals surface area contributed by atoms with Crippen LogP contribution in [0.4, 0.5) is 5.00 Å². The van der Waals surface area contributed by atoms with Crippen LogP contribution in [0.25, 0.3) is 11.1 Å². The fourth-order valence-electron chi connectivity index (χ4n) is 4.25. The number of benzene rings is 1. The first kappa shape index (κ1) is 20.1. The maximum Gasteiger partial charge on any atom is 0.341 e. The van der Waals surface area contributed by atoms with E-state index >= 15 is 0 Å². The van der Waals surface area contributed by atoms with E-state index in [9.17, 15) is 9.59 Å². The van der Waals surface area contributed by atoms with E-state index < -0.39 is 5.97 Å². The Morgan fingerprint density at radius 2 is 2.03 bits per heavy atom. The van der Waals surface area contributed by atoms with Gasteiger partial charge in [-0.15, -0.1) is 11.3 Å². The van der Waals surface area contributed by atoms with E-state index in [-0.39, 0.29) is 5.91 Å². The second-order valence-corrected chi connectivity index (χ2v) is 8.43. The minimum Gasteiger partial charge on any atom is -0.462 e. The van der Waals surface area contributed by atoms with Crippen LogP contribution in [-0.2, 0) is 9.53 Å². The van der Waals surface area contributed by atoms with Gasteiger partial charge in [-0.1, -0.05) is 30.3 Å². The number of thiophene rings is 1. The predicted molar refractivity (Wildman–Crippen MR) is 115 cm³/mol. The number of carbonyl (C=O) groups excluding carboxylic acids is 2. The molecule has 2 aromatic rings. The number of nitrogens with one attached hydrogen (secondary N) is 1. The van der Waals surface area contributed by atoms with Crippen molar-refractivity contribution in [2.45, 2.75) is 25.8 Å². The van der Waals surface area contributed by atoms with E-state index in [0.717, 1.165) is 30.8 Å². The number of hydrogen-bond acceptors (Lipinski definition) is 6. The van der Waals surface area contributed by atoms with Crippen molar-refractivity contribution in [1.29, 1.82) is 0 Å². The molecule has 2 fully saturated rings. The van der Waals surface area contributed by atoms with Gasteiger partial charge >= 0.3 is 5.97 Å². The van der Waals surface area contributed by atoms with Gasteiger partial charge in [0.2, 0.25) is 5.91 Å². The molecule has 0 radical (unpaired) electrons. The Labute approximate surface area is 175 Å². The van der Waals surface area contributed by atoms with Crippen molar-refractivity contribution in [2.24, 2.45) is 0 Å². The second kappa shape index (κ2) is 9.07. The van der Waals surface area contributed by atoms with Crippen LogP contribution in [0.15, 0.2) is 35.7 Å². The third-order valence-electron chi connectivity index (χ3n) is 5.65. The summed E-state index contributed by atoms with van der Waals surface area (Å²) in [6, 6.07) is 10.3. The van der Waals surface area contributed by atoms with Crippen molar-refractivity contribution in [3.63, 3.8) is 0 Å². The van der Waals surface area contributed by atoms with Gasteiger partial charge in [-0.2, -0.15) is 0 Å². The second-order valence-electron chi connectivity index (χ2n) is 7.56. The fraction of sp³-hybridized carbons (Fsp3) is 0.455. The highest BCUT2D eigenvalue weighted by atomic mass is 32.1. The van der Waals surface area contributed by atoms with Gasteiger partial charge in [-0.25, -0.2) is 4.79 Å². The monoisotopic (exact) mass is 413 g/mol. The highest BCUT2D eigenvalue weighted by molar-refractivity contribution is 7.15. The van der Waals surface area contributed by atoms with Gasteiger partial charge in [0, 0.05) is 36.6 Å². The molecule has 0 saturated carbocycles. The van der Waals surface area contributed by atoms with Gasteiger partial charge in [0.15, 0.2) is 0 Å². The number of carbonyl (C=O) groups is 2. The average molecular weight is 414 g/mol. The van der Waals surface area contributed by atoms with Crippen molar-refractivity contribution in [1.82, 2.24) is 9.80 Å². The van der Waals surface area contributed by atoms with Crippen molar-refractivity contribution in [3.8, 4) is 11.1 Å². The van der Waals surface area contributed by atoms with Crippen LogP contribution < -0.4 is 5.32 Å². The van der Waals surface area contributed by atoms with Crippen molar-refractivity contribution < 1.29 is 14.3 Å². The van der Waals surface area contributed by atoms with Crippen molar-refractivity contribution in [2.75, 3.05) is 44.6 Å². The smallest absolute Gasteiger partial charge is 0.341 e. The van der Waals surface area contributed by atoms with E-state index in [2.05, 4.69) is 15.1 Å². The number of hydrogen-bond donors (Lipinski definition) is 1. The first-order valence-corrected chi connectivity index (χ1v) is 11.1. The molecule has 2 saturated heterocycles. The fourth-order valence-corrected chi connectivity index (χ4v) is 5.23. The number of fused-ring (bicyclic) bond motifs is 1. The molecule has 1 atom stereocenters. The SMILES string of the molecule is CCOC(=O)c1c(-c2ccccc2)csc1NC(=O)CN1CCN2CCCC2C1. The first-order valence-electron chi connectivity index (χ1n) is 10.3. The number of amides is 1. The maximum atomic E-state index is 12.7. The Hall–Kier alpha value is -2.22. The highest BCUT2D eigenvalue weighted by Crippen LogP contribution is 2.36. The van der Waals surface area contributed by atoms with E-state index in [4.69, 9.17) is 4.74 Å². The van der Waals surface area contributed by atoms with E-state index in [1.165, 1.54) is 30.7 Å². The molecule has 2 aliphatic rings. The highest BCUT2D eigenvalue weighted by Gasteiger charge is 2.31. The van der Waals surface area contributed by atoms with Crippen LogP contribution in [0, 0.1) is 0 Å². The number of esters is 1. The molecule has 2 aliphatic heterocycles. The van der Waals surface area contributed by atoms with Gasteiger partial charge in [0.05, 0.1) is 13.2 Å². The van der Waals surface area contributed by atoms with Crippen LogP contribution in [-0.4, -0.2) is 67.0 Å². The predicted octanol–water partition coefficient (Wildman–Crippen LogP) is 3.31. The van der Waals surface area contributed by atoms with E-state index in [1.807, 2.05) is 35.7 Å². The molecule has 1 amide bonds. The summed E-state index contributed by atoms with van der Waals surface area (Å²) < 4.78 is 5.27. The normalized spacial score (nSPS) is 19.7. The van der Waals surface area contributed by atoms with Crippen molar-refractivity contribution >= 4 is 28.2 Å². The number of piperazine rings is 1. The Morgan fingerprint density at radius 1 is 1.21 bits per heavy atom. The van der Waals surface area contributed by atoms with Crippen molar-refractivity contribution in [3.05, 3.63) is 41.3 Å². The molecule has 7 heteroatoms. The third-order valence-corrected chi connectivity index (χ3v) is 6.54. The standard InChI is InChI=1S/C22H27N3O3S/c1-2-28-22(27)20-18(16-7-4-3-5-8-16)15-29-21(20)23-19(26)14-24-11-12-25-10-6-9-17(25)13-24/h3-5,7-8,15,17H,2,6,9-14H2,1H3,(H,23,26). The summed E-state index contributed by atoms with van der Waals surface area (Å²) in [7, 11) is 0. The van der Waals surface area contributed by atoms with Gasteiger partial charge in [0.25, 0.3) is 0 Å². The summed E-state index contributed by atoms with van der Waals surface area (Å²) in [4.78, 5) is 30.1. The summed E-state index contributed by atoms with van der Waals surface area (Å²) in [5.74, 6) is -0.481. The number of nitrogens with zero attached hydrogens (tertiary/aromatic N) is 2. The zero-order valence-corrected chi connectivity index (χ0v) is 17.5. The molecule has 0 bridgehead atoms. The average Bonchev–Trinajstić information content (AvgIpc) is 3.35. The number of rotatable bonds is 6. The van der Waals surface area contributed by atoms with E-state index in [0.29, 0.717) is 29.8 Å². The summed E-state index contributed by atoms with van der Waals surface area (Å²) in [5.41, 5.74) is 2.17. The van der Waals surface area contributed by atoms with Gasteiger partial charge in [-0.3, -0.25) is 14.6 Å².